The standard InChI is InChI=1S/C12H8O11/c13-2-1-6-4-9(16)20-23-12(19)7(3-8(14)15)5-10(17)21-22-11(6)18/h2-4H,1,5H2,(H,14,15)/b6-4-,7-3+. The Kier molecular flexibility index (Phi) is 6.16. The zero-order valence-electron chi connectivity index (χ0n) is 11.2. The summed E-state index contributed by atoms with van der Waals surface area (Å²) in [5.41, 5.74) is -1.26. The molecular formula is C12H8O11. The van der Waals surface area contributed by atoms with Crippen molar-refractivity contribution < 1.29 is 53.4 Å². The van der Waals surface area contributed by atoms with Crippen LogP contribution >= 0.6 is 0 Å². The van der Waals surface area contributed by atoms with Crippen LogP contribution in [-0.4, -0.2) is 41.2 Å². The van der Waals surface area contributed by atoms with Gasteiger partial charge in [0.2, 0.25) is 0 Å². The molecule has 1 N–H and O–H groups in total. The molecule has 11 heteroatoms. The Hall–Kier alpha value is -3.50. The Morgan fingerprint density at radius 1 is 1.09 bits per heavy atom. The molecule has 1 aliphatic heterocycles. The van der Waals surface area contributed by atoms with E-state index in [-0.39, 0.29) is 6.29 Å². The summed E-state index contributed by atoms with van der Waals surface area (Å²) in [4.78, 5) is 82.8. The Labute approximate surface area is 126 Å². The minimum absolute atomic E-state index is 0.258. The quantitative estimate of drug-likeness (QED) is 0.381. The highest BCUT2D eigenvalue weighted by Crippen LogP contribution is 2.11. The molecule has 1 aliphatic rings. The van der Waals surface area contributed by atoms with Gasteiger partial charge in [-0.2, -0.15) is 0 Å². The number of aldehydes is 1. The van der Waals surface area contributed by atoms with Gasteiger partial charge in [0, 0.05) is 18.6 Å². The van der Waals surface area contributed by atoms with E-state index in [4.69, 9.17) is 5.11 Å². The third-order valence-electron chi connectivity index (χ3n) is 2.16. The lowest BCUT2D eigenvalue weighted by Crippen LogP contribution is -2.20. The first kappa shape index (κ1) is 17.6. The number of rotatable bonds is 3. The van der Waals surface area contributed by atoms with Crippen LogP contribution in [-0.2, 0) is 48.3 Å². The molecule has 1 rings (SSSR count). The molecule has 0 aliphatic carbocycles. The number of carbonyl (C=O) groups excluding carboxylic acids is 5. The Morgan fingerprint density at radius 2 is 1.74 bits per heavy atom. The lowest BCUT2D eigenvalue weighted by atomic mass is 10.2. The van der Waals surface area contributed by atoms with Crippen LogP contribution in [0.1, 0.15) is 12.8 Å². The molecule has 0 amide bonds. The molecule has 23 heavy (non-hydrogen) atoms. The van der Waals surface area contributed by atoms with Gasteiger partial charge in [-0.05, 0) is 0 Å². The van der Waals surface area contributed by atoms with Crippen molar-refractivity contribution in [1.29, 1.82) is 0 Å². The van der Waals surface area contributed by atoms with Crippen LogP contribution in [0.3, 0.4) is 0 Å². The summed E-state index contributed by atoms with van der Waals surface area (Å²) in [6.07, 6.45) is -0.460. The highest BCUT2D eigenvalue weighted by atomic mass is 17.2. The van der Waals surface area contributed by atoms with E-state index in [2.05, 4.69) is 19.6 Å². The average Bonchev–Trinajstić information content (AvgIpc) is 2.47. The third kappa shape index (κ3) is 5.79. The maximum atomic E-state index is 11.5. The molecule has 0 bridgehead atoms. The minimum Gasteiger partial charge on any atom is -0.478 e. The second-order valence-electron chi connectivity index (χ2n) is 3.82. The van der Waals surface area contributed by atoms with Crippen molar-refractivity contribution in [3.05, 3.63) is 23.3 Å². The summed E-state index contributed by atoms with van der Waals surface area (Å²) in [5.74, 6) is -7.03. The summed E-state index contributed by atoms with van der Waals surface area (Å²) >= 11 is 0. The van der Waals surface area contributed by atoms with E-state index >= 15 is 0 Å². The largest absolute Gasteiger partial charge is 0.478 e. The monoisotopic (exact) mass is 328 g/mol. The van der Waals surface area contributed by atoms with Gasteiger partial charge in [-0.25, -0.2) is 43.5 Å². The number of carboxylic acids is 1. The summed E-state index contributed by atoms with van der Waals surface area (Å²) in [6.45, 7) is 0. The summed E-state index contributed by atoms with van der Waals surface area (Å²) < 4.78 is 0. The molecule has 0 saturated carbocycles. The zero-order valence-corrected chi connectivity index (χ0v) is 11.2. The van der Waals surface area contributed by atoms with E-state index in [0.717, 1.165) is 0 Å². The fourth-order valence-corrected chi connectivity index (χ4v) is 1.24. The Balaban J connectivity index is 3.08. The van der Waals surface area contributed by atoms with Gasteiger partial charge in [0.25, 0.3) is 0 Å². The van der Waals surface area contributed by atoms with Crippen molar-refractivity contribution in [3.63, 3.8) is 0 Å². The normalized spacial score (nSPS) is 20.7. The molecule has 0 aromatic carbocycles. The zero-order chi connectivity index (χ0) is 17.4. The number of hydrogen-bond donors (Lipinski definition) is 1. The fourth-order valence-electron chi connectivity index (χ4n) is 1.24. The van der Waals surface area contributed by atoms with Gasteiger partial charge in [0.1, 0.15) is 6.29 Å². The van der Waals surface area contributed by atoms with Crippen molar-refractivity contribution in [2.45, 2.75) is 12.8 Å². The van der Waals surface area contributed by atoms with Crippen LogP contribution in [0.25, 0.3) is 0 Å². The molecule has 1 heterocycles. The molecule has 0 radical (unpaired) electrons. The molecule has 11 nitrogen and oxygen atoms in total. The van der Waals surface area contributed by atoms with Gasteiger partial charge in [0.05, 0.1) is 17.6 Å². The van der Waals surface area contributed by atoms with Crippen LogP contribution in [0, 0.1) is 0 Å². The van der Waals surface area contributed by atoms with Gasteiger partial charge >= 0.3 is 29.8 Å². The molecular weight excluding hydrogens is 320 g/mol. The van der Waals surface area contributed by atoms with Gasteiger partial charge in [-0.1, -0.05) is 0 Å². The van der Waals surface area contributed by atoms with E-state index in [1.165, 1.54) is 0 Å². The highest BCUT2D eigenvalue weighted by Gasteiger charge is 2.24. The number of hydrogen-bond acceptors (Lipinski definition) is 10. The van der Waals surface area contributed by atoms with Crippen LogP contribution in [0.5, 0.6) is 0 Å². The highest BCUT2D eigenvalue weighted by molar-refractivity contribution is 6.01. The SMILES string of the molecule is O=CC/C1=C/C(=O)OOC(=O)/C(=C/C(=O)O)CC(=O)OOC1=O. The van der Waals surface area contributed by atoms with Gasteiger partial charge in [-0.3, -0.25) is 0 Å². The van der Waals surface area contributed by atoms with Crippen molar-refractivity contribution in [2.75, 3.05) is 0 Å². The summed E-state index contributed by atoms with van der Waals surface area (Å²) in [5, 5.41) is 8.57. The first-order valence-electron chi connectivity index (χ1n) is 5.75. The third-order valence-corrected chi connectivity index (χ3v) is 2.16. The summed E-state index contributed by atoms with van der Waals surface area (Å²) in [6, 6.07) is 0. The van der Waals surface area contributed by atoms with Gasteiger partial charge in [0.15, 0.2) is 0 Å². The lowest BCUT2D eigenvalue weighted by Gasteiger charge is -2.08. The van der Waals surface area contributed by atoms with Crippen LogP contribution in [0.15, 0.2) is 23.3 Å². The molecule has 0 unspecified atom stereocenters. The van der Waals surface area contributed by atoms with Crippen molar-refractivity contribution in [3.8, 4) is 0 Å². The Bertz CT molecular complexity index is 625. The predicted molar refractivity (Wildman–Crippen MR) is 63.5 cm³/mol. The number of aliphatic carboxylic acids is 1. The second kappa shape index (κ2) is 8.07. The first-order valence-corrected chi connectivity index (χ1v) is 5.75. The van der Waals surface area contributed by atoms with E-state index in [9.17, 15) is 28.8 Å². The molecule has 0 fully saturated rings. The van der Waals surface area contributed by atoms with Gasteiger partial charge < -0.3 is 9.90 Å². The molecule has 122 valence electrons. The van der Waals surface area contributed by atoms with E-state index in [0.29, 0.717) is 12.2 Å². The Morgan fingerprint density at radius 3 is 2.35 bits per heavy atom. The van der Waals surface area contributed by atoms with E-state index in [1.54, 1.807) is 0 Å². The average molecular weight is 328 g/mol. The fraction of sp³-hybridized carbons (Fsp3) is 0.167. The minimum atomic E-state index is -1.59. The van der Waals surface area contributed by atoms with Crippen molar-refractivity contribution in [1.82, 2.24) is 0 Å². The van der Waals surface area contributed by atoms with E-state index in [1.807, 2.05) is 0 Å². The van der Waals surface area contributed by atoms with Crippen molar-refractivity contribution in [2.24, 2.45) is 0 Å². The van der Waals surface area contributed by atoms with Crippen LogP contribution < -0.4 is 0 Å². The molecule has 0 saturated heterocycles. The maximum Gasteiger partial charge on any atom is 0.383 e. The van der Waals surface area contributed by atoms with E-state index < -0.39 is 53.8 Å². The molecule has 0 spiro atoms. The number of carboxylic acid groups (broad SMARTS) is 1. The molecule has 0 atom stereocenters. The smallest absolute Gasteiger partial charge is 0.383 e. The maximum absolute atomic E-state index is 11.5. The lowest BCUT2D eigenvalue weighted by molar-refractivity contribution is -0.258. The van der Waals surface area contributed by atoms with Crippen LogP contribution in [0.4, 0.5) is 0 Å². The predicted octanol–water partition coefficient (Wildman–Crippen LogP) is -1.08. The molecule has 0 aromatic rings. The van der Waals surface area contributed by atoms with Crippen molar-refractivity contribution >= 4 is 36.1 Å². The van der Waals surface area contributed by atoms with Gasteiger partial charge in [-0.15, -0.1) is 0 Å². The first-order chi connectivity index (χ1) is 10.8. The second-order valence-corrected chi connectivity index (χ2v) is 3.82. The number of carbonyl (C=O) groups is 6. The summed E-state index contributed by atoms with van der Waals surface area (Å²) in [7, 11) is 0. The van der Waals surface area contributed by atoms with Crippen LogP contribution in [0.2, 0.25) is 0 Å². The topological polar surface area (TPSA) is 160 Å². The molecule has 0 aromatic heterocycles.